The molecule has 1 aliphatic carbocycles. The summed E-state index contributed by atoms with van der Waals surface area (Å²) in [6.45, 7) is 3.33. The highest BCUT2D eigenvalue weighted by atomic mass is 19.4. The molecule has 1 saturated heterocycles. The highest BCUT2D eigenvalue weighted by Crippen LogP contribution is 2.45. The smallest absolute Gasteiger partial charge is 0.299 e. The topological polar surface area (TPSA) is 35.5 Å². The van der Waals surface area contributed by atoms with Gasteiger partial charge in [-0.3, -0.25) is 4.79 Å². The van der Waals surface area contributed by atoms with E-state index in [-0.39, 0.29) is 30.3 Å². The maximum absolute atomic E-state index is 13.3. The number of rotatable bonds is 2. The second kappa shape index (κ2) is 6.88. The van der Waals surface area contributed by atoms with E-state index in [9.17, 15) is 31.1 Å². The van der Waals surface area contributed by atoms with Crippen LogP contribution in [0, 0.1) is 11.8 Å². The molecular weight excluding hydrogens is 390 g/mol. The van der Waals surface area contributed by atoms with E-state index in [4.69, 9.17) is 9.78 Å². The third-order valence-corrected chi connectivity index (χ3v) is 5.51. The van der Waals surface area contributed by atoms with Gasteiger partial charge in [-0.25, -0.2) is 9.78 Å². The highest BCUT2D eigenvalue weighted by molar-refractivity contribution is 5.84. The summed E-state index contributed by atoms with van der Waals surface area (Å²) in [6.07, 6.45) is -7.20. The molecule has 3 rings (SSSR count). The summed E-state index contributed by atoms with van der Waals surface area (Å²) < 4.78 is 78.3. The van der Waals surface area contributed by atoms with E-state index in [0.717, 1.165) is 12.1 Å². The third-order valence-electron chi connectivity index (χ3n) is 5.51. The molecule has 0 amide bonds. The lowest BCUT2D eigenvalue weighted by Gasteiger charge is -2.47. The van der Waals surface area contributed by atoms with Crippen molar-refractivity contribution in [2.24, 2.45) is 11.8 Å². The number of benzene rings is 1. The van der Waals surface area contributed by atoms with Crippen molar-refractivity contribution in [3.63, 3.8) is 0 Å². The molecule has 0 radical (unpaired) electrons. The third kappa shape index (κ3) is 3.82. The summed E-state index contributed by atoms with van der Waals surface area (Å²) in [6, 6.07) is 1.43. The van der Waals surface area contributed by atoms with Crippen molar-refractivity contribution in [1.82, 2.24) is 0 Å². The van der Waals surface area contributed by atoms with Gasteiger partial charge in [0.15, 0.2) is 0 Å². The summed E-state index contributed by atoms with van der Waals surface area (Å²) in [5.74, 6) is -0.896. The first-order valence-corrected chi connectivity index (χ1v) is 8.68. The van der Waals surface area contributed by atoms with Gasteiger partial charge in [-0.1, -0.05) is 19.1 Å². The number of fused-ring (bicyclic) bond motifs is 2. The predicted octanol–water partition coefficient (Wildman–Crippen LogP) is 5.44. The van der Waals surface area contributed by atoms with E-state index < -0.39 is 40.6 Å². The minimum Gasteiger partial charge on any atom is -0.299 e. The molecule has 4 unspecified atom stereocenters. The van der Waals surface area contributed by atoms with Crippen LogP contribution in [-0.2, 0) is 26.9 Å². The van der Waals surface area contributed by atoms with Gasteiger partial charge in [0.05, 0.1) is 23.1 Å². The van der Waals surface area contributed by atoms with Gasteiger partial charge < -0.3 is 0 Å². The lowest BCUT2D eigenvalue weighted by molar-refractivity contribution is -0.416. The number of hydrogen-bond donors (Lipinski definition) is 0. The first-order chi connectivity index (χ1) is 12.8. The molecule has 0 N–H and O–H groups in total. The minimum atomic E-state index is -4.98. The predicted molar refractivity (Wildman–Crippen MR) is 86.7 cm³/mol. The fourth-order valence-electron chi connectivity index (χ4n) is 3.64. The molecule has 0 aromatic heterocycles. The normalized spacial score (nSPS) is 31.4. The SMILES string of the molecule is CC1OOC2(/C=C\c3ccc(C(F)(F)F)cc3C(F)(F)F)CC1CC(=O)C2C. The zero-order valence-electron chi connectivity index (χ0n) is 15.0. The standard InChI is InChI=1S/C19H18F6O3/c1-10-16(26)7-13-9-17(10,28-27-11(13)2)6-5-12-3-4-14(18(20,21)22)8-15(12)19(23,24)25/h3-6,8,10-11,13H,7,9H2,1-2H3/b6-5-. The molecule has 1 saturated carbocycles. The van der Waals surface area contributed by atoms with Crippen LogP contribution in [0.5, 0.6) is 0 Å². The number of alkyl halides is 6. The second-order valence-corrected chi connectivity index (χ2v) is 7.33. The number of hydrogen-bond acceptors (Lipinski definition) is 3. The average molecular weight is 408 g/mol. The fourth-order valence-corrected chi connectivity index (χ4v) is 3.64. The Kier molecular flexibility index (Phi) is 5.12. The molecule has 28 heavy (non-hydrogen) atoms. The zero-order valence-corrected chi connectivity index (χ0v) is 15.0. The number of carbonyl (C=O) groups excluding carboxylic acids is 1. The number of Topliss-reactive ketones (excluding diaryl/α,β-unsaturated/α-hetero) is 1. The lowest BCUT2D eigenvalue weighted by atomic mass is 9.68. The Balaban J connectivity index is 2.00. The fraction of sp³-hybridized carbons (Fsp3) is 0.526. The van der Waals surface area contributed by atoms with Gasteiger partial charge in [0.2, 0.25) is 0 Å². The number of halogens is 6. The van der Waals surface area contributed by atoms with Gasteiger partial charge in [-0.05, 0) is 43.0 Å². The average Bonchev–Trinajstić information content (AvgIpc) is 2.59. The molecule has 154 valence electrons. The van der Waals surface area contributed by atoms with E-state index in [1.807, 2.05) is 0 Å². The van der Waals surface area contributed by atoms with Crippen LogP contribution >= 0.6 is 0 Å². The van der Waals surface area contributed by atoms with E-state index in [0.29, 0.717) is 12.5 Å². The quantitative estimate of drug-likeness (QED) is 0.483. The van der Waals surface area contributed by atoms with Crippen LogP contribution in [0.15, 0.2) is 24.3 Å². The Morgan fingerprint density at radius 1 is 1.11 bits per heavy atom. The Morgan fingerprint density at radius 2 is 1.79 bits per heavy atom. The zero-order chi connectivity index (χ0) is 20.9. The van der Waals surface area contributed by atoms with Gasteiger partial charge in [0.1, 0.15) is 11.4 Å². The monoisotopic (exact) mass is 408 g/mol. The van der Waals surface area contributed by atoms with E-state index in [1.165, 1.54) is 6.08 Å². The molecule has 2 fully saturated rings. The van der Waals surface area contributed by atoms with Gasteiger partial charge in [0.25, 0.3) is 0 Å². The van der Waals surface area contributed by atoms with Crippen molar-refractivity contribution in [1.29, 1.82) is 0 Å². The van der Waals surface area contributed by atoms with E-state index >= 15 is 0 Å². The van der Waals surface area contributed by atoms with Crippen molar-refractivity contribution in [2.75, 3.05) is 0 Å². The first-order valence-electron chi connectivity index (χ1n) is 8.68. The first kappa shape index (κ1) is 20.9. The molecule has 1 aliphatic heterocycles. The lowest BCUT2D eigenvalue weighted by Crippen LogP contribution is -2.54. The van der Waals surface area contributed by atoms with Crippen LogP contribution in [0.4, 0.5) is 26.3 Å². The Bertz CT molecular complexity index is 798. The van der Waals surface area contributed by atoms with Crippen LogP contribution in [0.3, 0.4) is 0 Å². The molecule has 2 aliphatic rings. The summed E-state index contributed by atoms with van der Waals surface area (Å²) >= 11 is 0. The molecule has 1 aromatic rings. The molecule has 1 heterocycles. The maximum Gasteiger partial charge on any atom is 0.417 e. The molecule has 9 heteroatoms. The highest BCUT2D eigenvalue weighted by Gasteiger charge is 2.51. The molecule has 4 atom stereocenters. The molecular formula is C19H18F6O3. The summed E-state index contributed by atoms with van der Waals surface area (Å²) in [5, 5.41) is 0. The molecule has 0 spiro atoms. The Morgan fingerprint density at radius 3 is 2.39 bits per heavy atom. The number of carbonyl (C=O) groups is 1. The van der Waals surface area contributed by atoms with Crippen LogP contribution in [0.25, 0.3) is 6.08 Å². The van der Waals surface area contributed by atoms with Crippen molar-refractivity contribution in [3.8, 4) is 0 Å². The maximum atomic E-state index is 13.3. The molecule has 3 nitrogen and oxygen atoms in total. The van der Waals surface area contributed by atoms with Crippen molar-refractivity contribution in [3.05, 3.63) is 41.0 Å². The van der Waals surface area contributed by atoms with Gasteiger partial charge in [-0.2, -0.15) is 26.3 Å². The Hall–Kier alpha value is -1.87. The largest absolute Gasteiger partial charge is 0.417 e. The van der Waals surface area contributed by atoms with Gasteiger partial charge in [0, 0.05) is 6.42 Å². The van der Waals surface area contributed by atoms with Crippen LogP contribution in [-0.4, -0.2) is 17.5 Å². The van der Waals surface area contributed by atoms with Gasteiger partial charge >= 0.3 is 12.4 Å². The Labute approximate surface area is 157 Å². The summed E-state index contributed by atoms with van der Waals surface area (Å²) in [7, 11) is 0. The van der Waals surface area contributed by atoms with Gasteiger partial charge in [-0.15, -0.1) is 0 Å². The van der Waals surface area contributed by atoms with Crippen molar-refractivity contribution < 1.29 is 40.9 Å². The van der Waals surface area contributed by atoms with Crippen LogP contribution in [0.1, 0.15) is 43.4 Å². The van der Waals surface area contributed by atoms with Crippen molar-refractivity contribution in [2.45, 2.75) is 50.7 Å². The minimum absolute atomic E-state index is 0.0793. The summed E-state index contributed by atoms with van der Waals surface area (Å²) in [4.78, 5) is 22.9. The van der Waals surface area contributed by atoms with Crippen molar-refractivity contribution >= 4 is 11.9 Å². The van der Waals surface area contributed by atoms with Crippen LogP contribution in [0.2, 0.25) is 0 Å². The second-order valence-electron chi connectivity index (χ2n) is 7.33. The van der Waals surface area contributed by atoms with E-state index in [1.54, 1.807) is 13.8 Å². The van der Waals surface area contributed by atoms with Crippen LogP contribution < -0.4 is 0 Å². The number of ketones is 1. The van der Waals surface area contributed by atoms with E-state index in [2.05, 4.69) is 0 Å². The molecule has 2 bridgehead atoms. The molecule has 1 aromatic carbocycles. The summed E-state index contributed by atoms with van der Waals surface area (Å²) in [5.41, 5.74) is -4.49.